The first-order valence-electron chi connectivity index (χ1n) is 7.88. The lowest BCUT2D eigenvalue weighted by Gasteiger charge is -2.26. The molecule has 4 heteroatoms. The van der Waals surface area contributed by atoms with Crippen LogP contribution in [0.25, 0.3) is 0 Å². The predicted octanol–water partition coefficient (Wildman–Crippen LogP) is 1.97. The minimum atomic E-state index is 0.161. The number of nitrogens with two attached hydrogens (primary N) is 1. The summed E-state index contributed by atoms with van der Waals surface area (Å²) < 4.78 is 5.73. The van der Waals surface area contributed by atoms with E-state index in [1.54, 1.807) is 0 Å². The highest BCUT2D eigenvalue weighted by atomic mass is 16.5. The van der Waals surface area contributed by atoms with Crippen LogP contribution in [0.4, 0.5) is 0 Å². The second kappa shape index (κ2) is 7.85. The summed E-state index contributed by atoms with van der Waals surface area (Å²) in [6.07, 6.45) is 10.5. The van der Waals surface area contributed by atoms with E-state index in [1.165, 1.54) is 32.1 Å². The molecule has 0 aliphatic heterocycles. The maximum absolute atomic E-state index is 11.8. The van der Waals surface area contributed by atoms with Crippen molar-refractivity contribution in [3.05, 3.63) is 0 Å². The molecule has 110 valence electrons. The molecule has 3 N–H and O–H groups in total. The average molecular weight is 268 g/mol. The van der Waals surface area contributed by atoms with E-state index in [2.05, 4.69) is 5.32 Å². The molecular weight excluding hydrogens is 240 g/mol. The maximum atomic E-state index is 11.8. The molecule has 4 nitrogen and oxygen atoms in total. The SMILES string of the molecule is NC1CCCC(CC(=O)NCCOC2CCCC2)C1. The smallest absolute Gasteiger partial charge is 0.220 e. The van der Waals surface area contributed by atoms with Crippen molar-refractivity contribution in [2.45, 2.75) is 69.9 Å². The number of nitrogens with one attached hydrogen (secondary N) is 1. The molecule has 0 radical (unpaired) electrons. The highest BCUT2D eigenvalue weighted by molar-refractivity contribution is 5.76. The standard InChI is InChI=1S/C15H28N2O2/c16-13-5-3-4-12(10-13)11-15(18)17-8-9-19-14-6-1-2-7-14/h12-14H,1-11,16H2,(H,17,18). The topological polar surface area (TPSA) is 64.4 Å². The van der Waals surface area contributed by atoms with Gasteiger partial charge in [-0.2, -0.15) is 0 Å². The van der Waals surface area contributed by atoms with Gasteiger partial charge in [0, 0.05) is 19.0 Å². The number of amides is 1. The molecule has 0 aromatic rings. The van der Waals surface area contributed by atoms with E-state index < -0.39 is 0 Å². The lowest BCUT2D eigenvalue weighted by molar-refractivity contribution is -0.122. The van der Waals surface area contributed by atoms with Crippen molar-refractivity contribution in [3.63, 3.8) is 0 Å². The summed E-state index contributed by atoms with van der Waals surface area (Å²) in [5.41, 5.74) is 5.94. The molecule has 1 amide bonds. The number of carbonyl (C=O) groups excluding carboxylic acids is 1. The first-order chi connectivity index (χ1) is 9.24. The van der Waals surface area contributed by atoms with Gasteiger partial charge in [-0.15, -0.1) is 0 Å². The van der Waals surface area contributed by atoms with Crippen LogP contribution >= 0.6 is 0 Å². The van der Waals surface area contributed by atoms with Crippen molar-refractivity contribution in [2.75, 3.05) is 13.2 Å². The Kier molecular flexibility index (Phi) is 6.11. The van der Waals surface area contributed by atoms with Crippen LogP contribution in [-0.2, 0) is 9.53 Å². The first kappa shape index (κ1) is 14.8. The summed E-state index contributed by atoms with van der Waals surface area (Å²) >= 11 is 0. The minimum absolute atomic E-state index is 0.161. The van der Waals surface area contributed by atoms with Gasteiger partial charge < -0.3 is 15.8 Å². The molecule has 0 heterocycles. The van der Waals surface area contributed by atoms with Gasteiger partial charge in [0.15, 0.2) is 0 Å². The van der Waals surface area contributed by atoms with E-state index in [4.69, 9.17) is 10.5 Å². The van der Waals surface area contributed by atoms with Gasteiger partial charge in [0.05, 0.1) is 12.7 Å². The molecule has 2 rings (SSSR count). The Bertz CT molecular complexity index is 277. The molecule has 0 bridgehead atoms. The Morgan fingerprint density at radius 3 is 2.68 bits per heavy atom. The van der Waals surface area contributed by atoms with Gasteiger partial charge in [-0.25, -0.2) is 0 Å². The highest BCUT2D eigenvalue weighted by Gasteiger charge is 2.21. The second-order valence-electron chi connectivity index (χ2n) is 6.12. The van der Waals surface area contributed by atoms with E-state index in [-0.39, 0.29) is 5.91 Å². The van der Waals surface area contributed by atoms with Crippen LogP contribution in [0.3, 0.4) is 0 Å². The summed E-state index contributed by atoms with van der Waals surface area (Å²) in [6, 6.07) is 0.303. The largest absolute Gasteiger partial charge is 0.376 e. The Hall–Kier alpha value is -0.610. The zero-order chi connectivity index (χ0) is 13.5. The molecule has 0 aromatic carbocycles. The van der Waals surface area contributed by atoms with Crippen molar-refractivity contribution >= 4 is 5.91 Å². The van der Waals surface area contributed by atoms with Crippen LogP contribution in [0, 0.1) is 5.92 Å². The third kappa shape index (κ3) is 5.49. The number of rotatable bonds is 6. The van der Waals surface area contributed by atoms with E-state index in [0.29, 0.717) is 37.6 Å². The molecule has 0 saturated heterocycles. The van der Waals surface area contributed by atoms with Gasteiger partial charge in [0.2, 0.25) is 5.91 Å². The van der Waals surface area contributed by atoms with Crippen LogP contribution in [0.5, 0.6) is 0 Å². The Balaban J connectivity index is 1.51. The molecule has 2 unspecified atom stereocenters. The summed E-state index contributed by atoms with van der Waals surface area (Å²) in [7, 11) is 0. The number of hydrogen-bond acceptors (Lipinski definition) is 3. The fraction of sp³-hybridized carbons (Fsp3) is 0.933. The van der Waals surface area contributed by atoms with Gasteiger partial charge >= 0.3 is 0 Å². The molecular formula is C15H28N2O2. The van der Waals surface area contributed by atoms with Crippen molar-refractivity contribution in [2.24, 2.45) is 11.7 Å². The van der Waals surface area contributed by atoms with Crippen LogP contribution < -0.4 is 11.1 Å². The second-order valence-corrected chi connectivity index (χ2v) is 6.12. The molecule has 19 heavy (non-hydrogen) atoms. The fourth-order valence-corrected chi connectivity index (χ4v) is 3.32. The minimum Gasteiger partial charge on any atom is -0.376 e. The first-order valence-corrected chi connectivity index (χ1v) is 7.88. The third-order valence-electron chi connectivity index (χ3n) is 4.38. The molecule has 0 spiro atoms. The molecule has 0 aromatic heterocycles. The van der Waals surface area contributed by atoms with Crippen molar-refractivity contribution in [3.8, 4) is 0 Å². The van der Waals surface area contributed by atoms with Crippen LogP contribution in [0.15, 0.2) is 0 Å². The predicted molar refractivity (Wildman–Crippen MR) is 75.8 cm³/mol. The van der Waals surface area contributed by atoms with Crippen molar-refractivity contribution < 1.29 is 9.53 Å². The van der Waals surface area contributed by atoms with E-state index >= 15 is 0 Å². The zero-order valence-electron chi connectivity index (χ0n) is 11.9. The van der Waals surface area contributed by atoms with Gasteiger partial charge in [-0.05, 0) is 38.0 Å². The summed E-state index contributed by atoms with van der Waals surface area (Å²) in [5, 5.41) is 2.96. The number of ether oxygens (including phenoxy) is 1. The van der Waals surface area contributed by atoms with Crippen molar-refractivity contribution in [1.29, 1.82) is 0 Å². The maximum Gasteiger partial charge on any atom is 0.220 e. The van der Waals surface area contributed by atoms with Crippen LogP contribution in [-0.4, -0.2) is 31.2 Å². The summed E-state index contributed by atoms with van der Waals surface area (Å²) in [4.78, 5) is 11.8. The third-order valence-corrected chi connectivity index (χ3v) is 4.38. The van der Waals surface area contributed by atoms with Crippen molar-refractivity contribution in [1.82, 2.24) is 5.32 Å². The number of carbonyl (C=O) groups is 1. The Morgan fingerprint density at radius 1 is 1.16 bits per heavy atom. The van der Waals surface area contributed by atoms with E-state index in [0.717, 1.165) is 19.3 Å². The normalized spacial score (nSPS) is 28.5. The molecule has 2 fully saturated rings. The fourth-order valence-electron chi connectivity index (χ4n) is 3.32. The molecule has 2 aliphatic rings. The van der Waals surface area contributed by atoms with Crippen LogP contribution in [0.2, 0.25) is 0 Å². The lowest BCUT2D eigenvalue weighted by atomic mass is 9.84. The monoisotopic (exact) mass is 268 g/mol. The van der Waals surface area contributed by atoms with Gasteiger partial charge in [-0.1, -0.05) is 19.3 Å². The Morgan fingerprint density at radius 2 is 1.95 bits per heavy atom. The molecule has 2 atom stereocenters. The van der Waals surface area contributed by atoms with E-state index in [1.807, 2.05) is 0 Å². The zero-order valence-corrected chi connectivity index (χ0v) is 11.9. The van der Waals surface area contributed by atoms with Crippen LogP contribution in [0.1, 0.15) is 57.8 Å². The lowest BCUT2D eigenvalue weighted by Crippen LogP contribution is -2.33. The van der Waals surface area contributed by atoms with Gasteiger partial charge in [0.25, 0.3) is 0 Å². The summed E-state index contributed by atoms with van der Waals surface area (Å²) in [6.45, 7) is 1.30. The molecule has 2 aliphatic carbocycles. The van der Waals surface area contributed by atoms with E-state index in [9.17, 15) is 4.79 Å². The summed E-state index contributed by atoms with van der Waals surface area (Å²) in [5.74, 6) is 0.647. The quantitative estimate of drug-likeness (QED) is 0.724. The highest BCUT2D eigenvalue weighted by Crippen LogP contribution is 2.25. The number of hydrogen-bond donors (Lipinski definition) is 2. The average Bonchev–Trinajstić information content (AvgIpc) is 2.88. The Labute approximate surface area is 116 Å². The van der Waals surface area contributed by atoms with Gasteiger partial charge in [0.1, 0.15) is 0 Å². The van der Waals surface area contributed by atoms with Gasteiger partial charge in [-0.3, -0.25) is 4.79 Å². The molecule has 2 saturated carbocycles.